The van der Waals surface area contributed by atoms with Crippen LogP contribution >= 0.6 is 0 Å². The fraction of sp³-hybridized carbons (Fsp3) is 0.865. The van der Waals surface area contributed by atoms with Gasteiger partial charge in [-0.2, -0.15) is 0 Å². The second-order valence-corrected chi connectivity index (χ2v) is 16.8. The quantitative estimate of drug-likeness (QED) is 0.185. The summed E-state index contributed by atoms with van der Waals surface area (Å²) in [7, 11) is 0. The SMILES string of the molecule is C=C(CC[C@@H](C(=O)O[C@@H]1O[C@@H](CO)[C@@H](O)[C@H](O)[C@@H]1O)[C@H]1CC[C@@]2(C)C3=C(CC[C@]12C)[C@@]1(C)CC[C@H](O)C(C)(C)[C@@H]1CC3)C(C)C. The van der Waals surface area contributed by atoms with Crippen LogP contribution in [0.25, 0.3) is 0 Å². The van der Waals surface area contributed by atoms with Gasteiger partial charge in [-0.05, 0) is 104 Å². The van der Waals surface area contributed by atoms with Gasteiger partial charge in [0.15, 0.2) is 0 Å². The number of hydrogen-bond donors (Lipinski definition) is 5. The number of aliphatic hydroxyl groups is 5. The first-order valence-electron chi connectivity index (χ1n) is 17.5. The number of esters is 1. The van der Waals surface area contributed by atoms with Gasteiger partial charge < -0.3 is 35.0 Å². The number of fused-ring (bicyclic) bond motifs is 4. The van der Waals surface area contributed by atoms with Crippen LogP contribution in [-0.4, -0.2) is 74.9 Å². The predicted molar refractivity (Wildman–Crippen MR) is 172 cm³/mol. The van der Waals surface area contributed by atoms with E-state index < -0.39 is 49.2 Å². The molecule has 256 valence electrons. The fourth-order valence-electron chi connectivity index (χ4n) is 10.8. The van der Waals surface area contributed by atoms with Gasteiger partial charge in [-0.1, -0.05) is 71.8 Å². The zero-order chi connectivity index (χ0) is 33.3. The van der Waals surface area contributed by atoms with Gasteiger partial charge in [-0.25, -0.2) is 0 Å². The van der Waals surface area contributed by atoms with E-state index in [4.69, 9.17) is 9.47 Å². The smallest absolute Gasteiger partial charge is 0.311 e. The first-order valence-corrected chi connectivity index (χ1v) is 17.5. The standard InChI is InChI=1S/C37H60O8/c1-20(2)21(3)9-10-22(32(43)45-33-31(42)30(41)29(40)26(19-38)44-33)23-13-17-37(8)25-11-12-27-34(4,5)28(39)15-16-35(27,6)24(25)14-18-36(23,37)7/h20,22-23,26-31,33,38-42H,3,9-19H2,1-2,4-8H3/t22-,23-,26+,27+,28+,29-,30+,31+,33+,35-,36-,37+/m1/s1. The highest BCUT2D eigenvalue weighted by Crippen LogP contribution is 2.72. The van der Waals surface area contributed by atoms with E-state index >= 15 is 0 Å². The highest BCUT2D eigenvalue weighted by Gasteiger charge is 2.64. The van der Waals surface area contributed by atoms with Crippen LogP contribution in [0.3, 0.4) is 0 Å². The van der Waals surface area contributed by atoms with Crippen LogP contribution < -0.4 is 0 Å². The topological polar surface area (TPSA) is 137 Å². The van der Waals surface area contributed by atoms with Crippen molar-refractivity contribution in [2.75, 3.05) is 6.61 Å². The lowest BCUT2D eigenvalue weighted by Crippen LogP contribution is -2.59. The van der Waals surface area contributed by atoms with Crippen molar-refractivity contribution in [1.82, 2.24) is 0 Å². The van der Waals surface area contributed by atoms with E-state index in [0.29, 0.717) is 18.8 Å². The maximum Gasteiger partial charge on any atom is 0.311 e. The highest BCUT2D eigenvalue weighted by molar-refractivity contribution is 5.73. The second kappa shape index (κ2) is 12.3. The van der Waals surface area contributed by atoms with Gasteiger partial charge >= 0.3 is 5.97 Å². The molecule has 0 spiro atoms. The molecule has 5 N–H and O–H groups in total. The fourth-order valence-corrected chi connectivity index (χ4v) is 10.8. The monoisotopic (exact) mass is 632 g/mol. The molecule has 0 radical (unpaired) electrons. The number of rotatable bonds is 8. The van der Waals surface area contributed by atoms with Crippen molar-refractivity contribution in [3.05, 3.63) is 23.3 Å². The van der Waals surface area contributed by atoms with Crippen molar-refractivity contribution in [3.63, 3.8) is 0 Å². The van der Waals surface area contributed by atoms with E-state index in [1.165, 1.54) is 0 Å². The Hall–Kier alpha value is -1.29. The summed E-state index contributed by atoms with van der Waals surface area (Å²) in [4.78, 5) is 14.2. The predicted octanol–water partition coefficient (Wildman–Crippen LogP) is 5.05. The van der Waals surface area contributed by atoms with Crippen molar-refractivity contribution in [1.29, 1.82) is 0 Å². The summed E-state index contributed by atoms with van der Waals surface area (Å²) in [6.07, 6.45) is 1.44. The summed E-state index contributed by atoms with van der Waals surface area (Å²) in [6.45, 7) is 19.7. The largest absolute Gasteiger partial charge is 0.432 e. The molecular weight excluding hydrogens is 572 g/mol. The molecule has 0 aromatic heterocycles. The number of hydrogen-bond acceptors (Lipinski definition) is 8. The lowest BCUT2D eigenvalue weighted by atomic mass is 9.43. The van der Waals surface area contributed by atoms with Gasteiger partial charge in [0.25, 0.3) is 0 Å². The van der Waals surface area contributed by atoms with Gasteiger partial charge in [-0.15, -0.1) is 0 Å². The average molecular weight is 633 g/mol. The van der Waals surface area contributed by atoms with E-state index in [-0.39, 0.29) is 39.6 Å². The number of carbonyl (C=O) groups excluding carboxylic acids is 1. The van der Waals surface area contributed by atoms with Crippen LogP contribution in [0.15, 0.2) is 23.3 Å². The number of ether oxygens (including phenoxy) is 2. The number of allylic oxidation sites excluding steroid dienone is 3. The van der Waals surface area contributed by atoms with Crippen molar-refractivity contribution in [3.8, 4) is 0 Å². The van der Waals surface area contributed by atoms with Crippen LogP contribution in [0.1, 0.15) is 113 Å². The average Bonchev–Trinajstić information content (AvgIpc) is 3.26. The minimum atomic E-state index is -1.63. The Morgan fingerprint density at radius 3 is 2.27 bits per heavy atom. The number of aliphatic hydroxyl groups excluding tert-OH is 5. The van der Waals surface area contributed by atoms with Gasteiger partial charge in [0, 0.05) is 0 Å². The van der Waals surface area contributed by atoms with Gasteiger partial charge in [0.05, 0.1) is 18.6 Å². The normalized spacial score (nSPS) is 45.0. The minimum Gasteiger partial charge on any atom is -0.432 e. The third-order valence-electron chi connectivity index (χ3n) is 14.3. The second-order valence-electron chi connectivity index (χ2n) is 16.8. The Kier molecular flexibility index (Phi) is 9.58. The van der Waals surface area contributed by atoms with Crippen molar-refractivity contribution in [2.24, 2.45) is 45.3 Å². The van der Waals surface area contributed by atoms with E-state index in [0.717, 1.165) is 56.9 Å². The highest BCUT2D eigenvalue weighted by atomic mass is 16.7. The molecule has 2 saturated carbocycles. The van der Waals surface area contributed by atoms with Crippen LogP contribution in [0.4, 0.5) is 0 Å². The third kappa shape index (κ3) is 5.47. The molecule has 4 aliphatic carbocycles. The lowest BCUT2D eigenvalue weighted by molar-refractivity contribution is -0.294. The van der Waals surface area contributed by atoms with Gasteiger partial charge in [0.1, 0.15) is 24.4 Å². The van der Waals surface area contributed by atoms with E-state index in [9.17, 15) is 30.3 Å². The summed E-state index contributed by atoms with van der Waals surface area (Å²) in [5.41, 5.74) is 4.05. The molecule has 0 amide bonds. The molecule has 8 heteroatoms. The zero-order valence-electron chi connectivity index (χ0n) is 28.7. The van der Waals surface area contributed by atoms with Crippen molar-refractivity contribution < 1.29 is 39.8 Å². The summed E-state index contributed by atoms with van der Waals surface area (Å²) in [5, 5.41) is 51.9. The molecule has 1 aliphatic heterocycles. The van der Waals surface area contributed by atoms with Crippen molar-refractivity contribution >= 4 is 5.97 Å². The van der Waals surface area contributed by atoms with Gasteiger partial charge in [-0.3, -0.25) is 4.79 Å². The Morgan fingerprint density at radius 1 is 0.933 bits per heavy atom. The molecule has 45 heavy (non-hydrogen) atoms. The van der Waals surface area contributed by atoms with Crippen LogP contribution in [0.5, 0.6) is 0 Å². The summed E-state index contributed by atoms with van der Waals surface area (Å²) in [6, 6.07) is 0. The molecule has 0 bridgehead atoms. The third-order valence-corrected chi connectivity index (χ3v) is 14.3. The van der Waals surface area contributed by atoms with Crippen LogP contribution in [-0.2, 0) is 14.3 Å². The summed E-state index contributed by atoms with van der Waals surface area (Å²) >= 11 is 0. The molecule has 0 aromatic rings. The molecule has 3 fully saturated rings. The molecular formula is C37H60O8. The maximum atomic E-state index is 14.2. The van der Waals surface area contributed by atoms with E-state index in [2.05, 4.69) is 55.0 Å². The van der Waals surface area contributed by atoms with Gasteiger partial charge in [0.2, 0.25) is 6.29 Å². The molecule has 5 aliphatic rings. The zero-order valence-corrected chi connectivity index (χ0v) is 28.7. The Balaban J connectivity index is 1.45. The molecule has 1 saturated heterocycles. The molecule has 1 heterocycles. The molecule has 8 nitrogen and oxygen atoms in total. The molecule has 0 aromatic carbocycles. The summed E-state index contributed by atoms with van der Waals surface area (Å²) < 4.78 is 11.4. The van der Waals surface area contributed by atoms with Crippen molar-refractivity contribution in [2.45, 2.75) is 149 Å². The number of carbonyl (C=O) groups is 1. The van der Waals surface area contributed by atoms with Crippen LogP contribution in [0, 0.1) is 45.3 Å². The lowest BCUT2D eigenvalue weighted by Gasteiger charge is -2.62. The molecule has 0 unspecified atom stereocenters. The first kappa shape index (κ1) is 35.0. The maximum absolute atomic E-state index is 14.2. The summed E-state index contributed by atoms with van der Waals surface area (Å²) in [5.74, 6) is -0.152. The Bertz CT molecular complexity index is 1170. The first-order chi connectivity index (χ1) is 20.9. The van der Waals surface area contributed by atoms with E-state index in [1.807, 2.05) is 0 Å². The molecule has 5 rings (SSSR count). The Morgan fingerprint density at radius 2 is 1.62 bits per heavy atom. The minimum absolute atomic E-state index is 0.0454. The van der Waals surface area contributed by atoms with E-state index in [1.54, 1.807) is 11.1 Å². The Labute approximate surface area is 270 Å². The van der Waals surface area contributed by atoms with Crippen LogP contribution in [0.2, 0.25) is 0 Å². The molecule has 12 atom stereocenters.